The Bertz CT molecular complexity index is 629. The second-order valence-corrected chi connectivity index (χ2v) is 5.74. The van der Waals surface area contributed by atoms with Crippen LogP contribution in [0.2, 0.25) is 0 Å². The zero-order chi connectivity index (χ0) is 15.8. The van der Waals surface area contributed by atoms with E-state index in [0.717, 1.165) is 10.6 Å². The molecule has 0 aliphatic carbocycles. The van der Waals surface area contributed by atoms with Crippen molar-refractivity contribution in [2.24, 2.45) is 4.99 Å². The van der Waals surface area contributed by atoms with E-state index in [0.29, 0.717) is 11.3 Å². The average Bonchev–Trinajstić information content (AvgIpc) is 2.60. The number of rotatable bonds is 1. The van der Waals surface area contributed by atoms with Gasteiger partial charge in [0.25, 0.3) is 0 Å². The quantitative estimate of drug-likeness (QED) is 0.797. The third kappa shape index (κ3) is 3.11. The number of carbonyl (C=O) groups excluding carboxylic acids is 2. The highest BCUT2D eigenvalue weighted by atomic mass is 16.7. The molecule has 0 aromatic heterocycles. The van der Waals surface area contributed by atoms with E-state index in [1.807, 2.05) is 13.0 Å². The van der Waals surface area contributed by atoms with Crippen molar-refractivity contribution in [1.29, 1.82) is 0 Å². The highest BCUT2D eigenvalue weighted by Crippen LogP contribution is 2.30. The SMILES string of the molecule is CON1C(=O)/C(=N/C(=O)OC(C)(C)C)c2cc(C)ccc21. The molecule has 2 amide bonds. The number of nitrogens with zero attached hydrogens (tertiary/aromatic N) is 2. The normalized spacial score (nSPS) is 16.3. The summed E-state index contributed by atoms with van der Waals surface area (Å²) >= 11 is 0. The summed E-state index contributed by atoms with van der Waals surface area (Å²) in [6.07, 6.45) is -0.795. The molecule has 1 aromatic carbocycles. The summed E-state index contributed by atoms with van der Waals surface area (Å²) in [5.41, 5.74) is 1.45. The van der Waals surface area contributed by atoms with E-state index >= 15 is 0 Å². The Kier molecular flexibility index (Phi) is 3.82. The molecule has 0 unspecified atom stereocenters. The number of aliphatic imine (C=N–C) groups is 1. The Hall–Kier alpha value is -2.21. The van der Waals surface area contributed by atoms with Gasteiger partial charge in [0.05, 0.1) is 12.8 Å². The predicted octanol–water partition coefficient (Wildman–Crippen LogP) is 2.63. The van der Waals surface area contributed by atoms with Gasteiger partial charge >= 0.3 is 12.0 Å². The molecule has 1 heterocycles. The third-order valence-electron chi connectivity index (χ3n) is 2.79. The molecule has 0 radical (unpaired) electrons. The first-order valence-electron chi connectivity index (χ1n) is 6.54. The largest absolute Gasteiger partial charge is 0.442 e. The van der Waals surface area contributed by atoms with E-state index in [4.69, 9.17) is 9.57 Å². The molecule has 0 N–H and O–H groups in total. The fourth-order valence-corrected chi connectivity index (χ4v) is 2.00. The molecular weight excluding hydrogens is 272 g/mol. The summed E-state index contributed by atoms with van der Waals surface area (Å²) < 4.78 is 5.12. The van der Waals surface area contributed by atoms with Gasteiger partial charge in [-0.1, -0.05) is 11.6 Å². The maximum Gasteiger partial charge on any atom is 0.434 e. The number of benzene rings is 1. The third-order valence-corrected chi connectivity index (χ3v) is 2.79. The van der Waals surface area contributed by atoms with Crippen LogP contribution in [0.1, 0.15) is 31.9 Å². The van der Waals surface area contributed by atoms with Crippen molar-refractivity contribution in [1.82, 2.24) is 0 Å². The fraction of sp³-hybridized carbons (Fsp3) is 0.400. The lowest BCUT2D eigenvalue weighted by atomic mass is 10.1. The number of ether oxygens (including phenoxy) is 1. The molecule has 6 heteroatoms. The van der Waals surface area contributed by atoms with Gasteiger partial charge < -0.3 is 4.74 Å². The summed E-state index contributed by atoms with van der Waals surface area (Å²) in [5, 5.41) is 1.11. The molecule has 0 saturated carbocycles. The number of carbonyl (C=O) groups is 2. The van der Waals surface area contributed by atoms with Crippen molar-refractivity contribution in [3.05, 3.63) is 29.3 Å². The van der Waals surface area contributed by atoms with Crippen molar-refractivity contribution < 1.29 is 19.2 Å². The van der Waals surface area contributed by atoms with Crippen LogP contribution in [-0.4, -0.2) is 30.4 Å². The molecule has 0 spiro atoms. The van der Waals surface area contributed by atoms with Crippen LogP contribution in [0, 0.1) is 6.92 Å². The van der Waals surface area contributed by atoms with Crippen LogP contribution >= 0.6 is 0 Å². The summed E-state index contributed by atoms with van der Waals surface area (Å²) in [6, 6.07) is 5.40. The van der Waals surface area contributed by atoms with Gasteiger partial charge in [-0.05, 0) is 39.8 Å². The Morgan fingerprint density at radius 1 is 1.29 bits per heavy atom. The molecule has 1 aliphatic heterocycles. The number of aryl methyl sites for hydroxylation is 1. The lowest BCUT2D eigenvalue weighted by Crippen LogP contribution is -2.30. The van der Waals surface area contributed by atoms with Crippen LogP contribution in [0.25, 0.3) is 0 Å². The number of fused-ring (bicyclic) bond motifs is 1. The smallest absolute Gasteiger partial charge is 0.434 e. The average molecular weight is 290 g/mol. The van der Waals surface area contributed by atoms with Crippen LogP contribution in [-0.2, 0) is 14.4 Å². The van der Waals surface area contributed by atoms with Gasteiger partial charge in [0.1, 0.15) is 11.3 Å². The standard InChI is InChI=1S/C15H18N2O4/c1-9-6-7-11-10(8-9)12(13(18)17(11)20-5)16-14(19)21-15(2,3)4/h6-8H,1-5H3/b16-12+. The van der Waals surface area contributed by atoms with E-state index < -0.39 is 17.6 Å². The zero-order valence-corrected chi connectivity index (χ0v) is 12.8. The van der Waals surface area contributed by atoms with Crippen LogP contribution in [0.4, 0.5) is 10.5 Å². The second kappa shape index (κ2) is 5.29. The van der Waals surface area contributed by atoms with Crippen LogP contribution < -0.4 is 5.06 Å². The number of amides is 2. The fourth-order valence-electron chi connectivity index (χ4n) is 2.00. The molecular formula is C15H18N2O4. The van der Waals surface area contributed by atoms with Crippen molar-refractivity contribution in [2.45, 2.75) is 33.3 Å². The molecule has 0 bridgehead atoms. The van der Waals surface area contributed by atoms with Gasteiger partial charge in [0.15, 0.2) is 0 Å². The van der Waals surface area contributed by atoms with Crippen molar-refractivity contribution in [3.63, 3.8) is 0 Å². The Balaban J connectivity index is 2.43. The van der Waals surface area contributed by atoms with Gasteiger partial charge in [0, 0.05) is 5.56 Å². The first-order chi connectivity index (χ1) is 9.73. The van der Waals surface area contributed by atoms with Gasteiger partial charge in [-0.15, -0.1) is 0 Å². The minimum atomic E-state index is -0.795. The number of anilines is 1. The van der Waals surface area contributed by atoms with Crippen LogP contribution in [0.5, 0.6) is 0 Å². The van der Waals surface area contributed by atoms with Crippen LogP contribution in [0.15, 0.2) is 23.2 Å². The lowest BCUT2D eigenvalue weighted by Gasteiger charge is -2.17. The van der Waals surface area contributed by atoms with Crippen LogP contribution in [0.3, 0.4) is 0 Å². The maximum atomic E-state index is 12.3. The molecule has 112 valence electrons. The van der Waals surface area contributed by atoms with Crippen molar-refractivity contribution >= 4 is 23.4 Å². The summed E-state index contributed by atoms with van der Waals surface area (Å²) in [4.78, 5) is 33.0. The van der Waals surface area contributed by atoms with Crippen molar-refractivity contribution in [3.8, 4) is 0 Å². The summed E-state index contributed by atoms with van der Waals surface area (Å²) in [5.74, 6) is -0.482. The lowest BCUT2D eigenvalue weighted by molar-refractivity contribution is -0.117. The van der Waals surface area contributed by atoms with E-state index in [2.05, 4.69) is 4.99 Å². The maximum absolute atomic E-state index is 12.3. The second-order valence-electron chi connectivity index (χ2n) is 5.74. The Labute approximate surface area is 123 Å². The van der Waals surface area contributed by atoms with Gasteiger partial charge in [-0.25, -0.2) is 4.79 Å². The first kappa shape index (κ1) is 15.2. The van der Waals surface area contributed by atoms with Gasteiger partial charge in [-0.3, -0.25) is 9.63 Å². The molecule has 6 nitrogen and oxygen atoms in total. The molecule has 0 saturated heterocycles. The summed E-state index contributed by atoms with van der Waals surface area (Å²) in [6.45, 7) is 7.11. The minimum Gasteiger partial charge on any atom is -0.442 e. The number of hydrogen-bond donors (Lipinski definition) is 0. The van der Waals surface area contributed by atoms with Crippen molar-refractivity contribution in [2.75, 3.05) is 12.2 Å². The monoisotopic (exact) mass is 290 g/mol. The Morgan fingerprint density at radius 2 is 1.95 bits per heavy atom. The predicted molar refractivity (Wildman–Crippen MR) is 78.4 cm³/mol. The molecule has 1 aliphatic rings. The minimum absolute atomic E-state index is 0.0322. The highest BCUT2D eigenvalue weighted by molar-refractivity contribution is 6.54. The van der Waals surface area contributed by atoms with E-state index in [-0.39, 0.29) is 5.71 Å². The van der Waals surface area contributed by atoms with Gasteiger partial charge in [-0.2, -0.15) is 10.1 Å². The summed E-state index contributed by atoms with van der Waals surface area (Å²) in [7, 11) is 1.39. The topological polar surface area (TPSA) is 68.2 Å². The molecule has 0 atom stereocenters. The Morgan fingerprint density at radius 3 is 2.52 bits per heavy atom. The molecule has 2 rings (SSSR count). The molecule has 1 aromatic rings. The highest BCUT2D eigenvalue weighted by Gasteiger charge is 2.35. The van der Waals surface area contributed by atoms with E-state index in [1.54, 1.807) is 32.9 Å². The number of hydroxylamine groups is 1. The zero-order valence-electron chi connectivity index (χ0n) is 12.8. The molecule has 0 fully saturated rings. The first-order valence-corrected chi connectivity index (χ1v) is 6.54. The van der Waals surface area contributed by atoms with Gasteiger partial charge in [0.2, 0.25) is 0 Å². The molecule has 21 heavy (non-hydrogen) atoms. The number of hydrogen-bond acceptors (Lipinski definition) is 4. The van der Waals surface area contributed by atoms with E-state index in [1.165, 1.54) is 7.11 Å². The van der Waals surface area contributed by atoms with E-state index in [9.17, 15) is 9.59 Å².